The summed E-state index contributed by atoms with van der Waals surface area (Å²) in [7, 11) is 2.56. The van der Waals surface area contributed by atoms with Crippen LogP contribution in [0.5, 0.6) is 11.5 Å². The summed E-state index contributed by atoms with van der Waals surface area (Å²) in [5.41, 5.74) is -0.632. The van der Waals surface area contributed by atoms with Crippen molar-refractivity contribution in [2.75, 3.05) is 20.8 Å². The van der Waals surface area contributed by atoms with Crippen molar-refractivity contribution in [3.8, 4) is 11.5 Å². The number of allylic oxidation sites excluding steroid dienone is 1. The Kier molecular flexibility index (Phi) is 6.65. The van der Waals surface area contributed by atoms with E-state index in [4.69, 9.17) is 14.2 Å². The van der Waals surface area contributed by atoms with E-state index in [9.17, 15) is 20.0 Å². The third-order valence-corrected chi connectivity index (χ3v) is 2.75. The molecule has 0 radical (unpaired) electrons. The van der Waals surface area contributed by atoms with Gasteiger partial charge in [-0.15, -0.1) is 10.2 Å². The van der Waals surface area contributed by atoms with Crippen LogP contribution in [0, 0.1) is 10.1 Å². The summed E-state index contributed by atoms with van der Waals surface area (Å²) in [5.74, 6) is -1.25. The molecule has 0 bridgehead atoms. The normalized spacial score (nSPS) is 11.8. The van der Waals surface area contributed by atoms with Crippen molar-refractivity contribution in [3.63, 3.8) is 0 Å². The van der Waals surface area contributed by atoms with Crippen molar-refractivity contribution in [2.45, 2.75) is 13.8 Å². The Hall–Kier alpha value is -3.17. The van der Waals surface area contributed by atoms with Gasteiger partial charge in [-0.1, -0.05) is 0 Å². The van der Waals surface area contributed by atoms with Gasteiger partial charge in [-0.25, -0.2) is 4.79 Å². The van der Waals surface area contributed by atoms with Crippen LogP contribution in [0.4, 0.5) is 11.4 Å². The molecule has 0 saturated heterocycles. The lowest BCUT2D eigenvalue weighted by atomic mass is 10.2. The third kappa shape index (κ3) is 4.41. The molecule has 0 spiro atoms. The maximum atomic E-state index is 11.7. The molecule has 0 amide bonds. The molecule has 1 N–H and O–H groups in total. The highest BCUT2D eigenvalue weighted by molar-refractivity contribution is 5.88. The van der Waals surface area contributed by atoms with Crippen LogP contribution < -0.4 is 9.47 Å². The average molecular weight is 339 g/mol. The number of benzene rings is 1. The van der Waals surface area contributed by atoms with Crippen LogP contribution in [0.1, 0.15) is 13.8 Å². The predicted molar refractivity (Wildman–Crippen MR) is 82.7 cm³/mol. The molecule has 10 heteroatoms. The number of azo groups is 1. The van der Waals surface area contributed by atoms with Crippen molar-refractivity contribution in [3.05, 3.63) is 33.7 Å². The number of carbonyl (C=O) groups is 1. The number of esters is 1. The number of nitrogens with zero attached hydrogens (tertiary/aromatic N) is 3. The van der Waals surface area contributed by atoms with E-state index in [1.54, 1.807) is 6.92 Å². The molecule has 0 atom stereocenters. The van der Waals surface area contributed by atoms with Gasteiger partial charge >= 0.3 is 11.7 Å². The van der Waals surface area contributed by atoms with Gasteiger partial charge in [-0.2, -0.15) is 0 Å². The Morgan fingerprint density at radius 2 is 1.92 bits per heavy atom. The number of methoxy groups -OCH3 is 2. The van der Waals surface area contributed by atoms with Crippen LogP contribution >= 0.6 is 0 Å². The summed E-state index contributed by atoms with van der Waals surface area (Å²) >= 11 is 0. The van der Waals surface area contributed by atoms with Gasteiger partial charge in [0.1, 0.15) is 11.4 Å². The summed E-state index contributed by atoms with van der Waals surface area (Å²) in [6.07, 6.45) is 0. The lowest BCUT2D eigenvalue weighted by Crippen LogP contribution is -2.07. The maximum absolute atomic E-state index is 11.7. The summed E-state index contributed by atoms with van der Waals surface area (Å²) in [5, 5.41) is 27.9. The Morgan fingerprint density at radius 3 is 2.38 bits per heavy atom. The summed E-state index contributed by atoms with van der Waals surface area (Å²) in [4.78, 5) is 22.0. The average Bonchev–Trinajstić information content (AvgIpc) is 2.54. The van der Waals surface area contributed by atoms with Gasteiger partial charge in [0, 0.05) is 6.07 Å². The zero-order valence-electron chi connectivity index (χ0n) is 13.6. The molecule has 0 heterocycles. The number of aliphatic hydroxyl groups excluding tert-OH is 1. The largest absolute Gasteiger partial charge is 0.510 e. The van der Waals surface area contributed by atoms with Gasteiger partial charge in [-0.3, -0.25) is 10.1 Å². The van der Waals surface area contributed by atoms with Gasteiger partial charge in [0.15, 0.2) is 11.5 Å². The van der Waals surface area contributed by atoms with E-state index in [-0.39, 0.29) is 35.2 Å². The van der Waals surface area contributed by atoms with Gasteiger partial charge < -0.3 is 19.3 Å². The van der Waals surface area contributed by atoms with Crippen LogP contribution in [0.25, 0.3) is 0 Å². The predicted octanol–water partition coefficient (Wildman–Crippen LogP) is 3.05. The zero-order chi connectivity index (χ0) is 18.3. The topological polar surface area (TPSA) is 133 Å². The fourth-order valence-electron chi connectivity index (χ4n) is 1.65. The minimum atomic E-state index is -0.853. The minimum absolute atomic E-state index is 0.0463. The van der Waals surface area contributed by atoms with Crippen molar-refractivity contribution in [1.82, 2.24) is 0 Å². The number of carbonyl (C=O) groups excluding carboxylic acids is 1. The lowest BCUT2D eigenvalue weighted by molar-refractivity contribution is -0.385. The van der Waals surface area contributed by atoms with Crippen molar-refractivity contribution >= 4 is 17.3 Å². The van der Waals surface area contributed by atoms with Crippen molar-refractivity contribution in [2.24, 2.45) is 10.2 Å². The number of hydrogen-bond acceptors (Lipinski definition) is 9. The SMILES string of the molecule is CCOC(=O)C(N=Nc1cc(OC)c([N+](=O)[O-])cc1OC)=C(C)O. The van der Waals surface area contributed by atoms with Gasteiger partial charge in [-0.05, 0) is 13.8 Å². The smallest absolute Gasteiger partial charge is 0.362 e. The highest BCUT2D eigenvalue weighted by Crippen LogP contribution is 2.39. The van der Waals surface area contributed by atoms with E-state index >= 15 is 0 Å². The highest BCUT2D eigenvalue weighted by Gasteiger charge is 2.20. The first-order valence-electron chi connectivity index (χ1n) is 6.74. The summed E-state index contributed by atoms with van der Waals surface area (Å²) < 4.78 is 14.7. The number of nitro groups is 1. The number of hydrogen-bond donors (Lipinski definition) is 1. The number of ether oxygens (including phenoxy) is 3. The van der Waals surface area contributed by atoms with Crippen LogP contribution in [0.2, 0.25) is 0 Å². The Balaban J connectivity index is 3.33. The Bertz CT molecular complexity index is 694. The first kappa shape index (κ1) is 18.9. The third-order valence-electron chi connectivity index (χ3n) is 2.75. The van der Waals surface area contributed by atoms with Crippen molar-refractivity contribution in [1.29, 1.82) is 0 Å². The van der Waals surface area contributed by atoms with Gasteiger partial charge in [0.2, 0.25) is 5.70 Å². The first-order chi connectivity index (χ1) is 11.3. The molecule has 0 aliphatic heterocycles. The van der Waals surface area contributed by atoms with E-state index in [0.29, 0.717) is 0 Å². The molecule has 0 aliphatic rings. The fourth-order valence-corrected chi connectivity index (χ4v) is 1.65. The summed E-state index contributed by atoms with van der Waals surface area (Å²) in [6, 6.07) is 2.35. The molecular formula is C14H17N3O7. The fraction of sp³-hybridized carbons (Fsp3) is 0.357. The van der Waals surface area contributed by atoms with E-state index in [1.165, 1.54) is 27.2 Å². The monoisotopic (exact) mass is 339 g/mol. The molecule has 1 rings (SSSR count). The van der Waals surface area contributed by atoms with Crippen LogP contribution in [0.15, 0.2) is 33.8 Å². The molecule has 0 saturated carbocycles. The molecule has 1 aromatic carbocycles. The van der Waals surface area contributed by atoms with E-state index in [1.807, 2.05) is 0 Å². The molecule has 130 valence electrons. The molecule has 24 heavy (non-hydrogen) atoms. The van der Waals surface area contributed by atoms with E-state index in [2.05, 4.69) is 10.2 Å². The second-order valence-electron chi connectivity index (χ2n) is 4.31. The molecule has 0 aliphatic carbocycles. The van der Waals surface area contributed by atoms with E-state index in [0.717, 1.165) is 6.07 Å². The van der Waals surface area contributed by atoms with Crippen LogP contribution in [-0.2, 0) is 9.53 Å². The molecule has 1 aromatic rings. The van der Waals surface area contributed by atoms with Gasteiger partial charge in [0.05, 0.1) is 31.8 Å². The first-order valence-corrected chi connectivity index (χ1v) is 6.74. The Morgan fingerprint density at radius 1 is 1.29 bits per heavy atom. The highest BCUT2D eigenvalue weighted by atomic mass is 16.6. The number of aliphatic hydroxyl groups is 1. The number of rotatable bonds is 7. The molecule has 10 nitrogen and oxygen atoms in total. The summed E-state index contributed by atoms with van der Waals surface area (Å²) in [6.45, 7) is 2.95. The van der Waals surface area contributed by atoms with Crippen LogP contribution in [-0.4, -0.2) is 36.8 Å². The second-order valence-corrected chi connectivity index (χ2v) is 4.31. The number of nitro benzene ring substituents is 1. The van der Waals surface area contributed by atoms with Gasteiger partial charge in [0.25, 0.3) is 0 Å². The Labute approximate surface area is 137 Å². The standard InChI is InChI=1S/C14H17N3O7/c1-5-24-14(19)13(8(2)18)16-15-9-6-12(23-4)10(17(20)21)7-11(9)22-3/h6-7,18H,5H2,1-4H3. The molecular weight excluding hydrogens is 322 g/mol. The van der Waals surface area contributed by atoms with Crippen molar-refractivity contribution < 1.29 is 29.0 Å². The lowest BCUT2D eigenvalue weighted by Gasteiger charge is -2.07. The minimum Gasteiger partial charge on any atom is -0.510 e. The maximum Gasteiger partial charge on any atom is 0.362 e. The molecule has 0 aromatic heterocycles. The zero-order valence-corrected chi connectivity index (χ0v) is 13.6. The molecule has 0 fully saturated rings. The second kappa shape index (κ2) is 8.46. The quantitative estimate of drug-likeness (QED) is 0.201. The van der Waals surface area contributed by atoms with E-state index < -0.39 is 16.6 Å². The van der Waals surface area contributed by atoms with Crippen LogP contribution in [0.3, 0.4) is 0 Å². The molecule has 0 unspecified atom stereocenters.